The van der Waals surface area contributed by atoms with E-state index in [2.05, 4.69) is 0 Å². The Morgan fingerprint density at radius 2 is 1.81 bits per heavy atom. The van der Waals surface area contributed by atoms with Crippen molar-refractivity contribution < 1.29 is 17.0 Å². The first-order valence-corrected chi connectivity index (χ1v) is 8.20. The fourth-order valence-electron chi connectivity index (χ4n) is 1.93. The summed E-state index contributed by atoms with van der Waals surface area (Å²) >= 11 is 0. The molecule has 0 fully saturated rings. The van der Waals surface area contributed by atoms with Gasteiger partial charge in [-0.05, 0) is 41.3 Å². The first-order chi connectivity index (χ1) is 9.85. The van der Waals surface area contributed by atoms with Crippen LogP contribution in [0.5, 0.6) is 5.75 Å². The summed E-state index contributed by atoms with van der Waals surface area (Å²) in [4.78, 5) is 0. The van der Waals surface area contributed by atoms with Gasteiger partial charge in [-0.2, -0.15) is 8.42 Å². The molecular weight excluding hydrogens is 291 g/mol. The van der Waals surface area contributed by atoms with E-state index in [-0.39, 0.29) is 17.4 Å². The summed E-state index contributed by atoms with van der Waals surface area (Å²) in [5.41, 5.74) is 1.35. The molecule has 0 saturated carbocycles. The van der Waals surface area contributed by atoms with E-state index in [9.17, 15) is 12.8 Å². The van der Waals surface area contributed by atoms with Crippen molar-refractivity contribution in [1.82, 2.24) is 0 Å². The molecule has 21 heavy (non-hydrogen) atoms. The molecule has 0 aromatic heterocycles. The van der Waals surface area contributed by atoms with Gasteiger partial charge in [0.1, 0.15) is 17.3 Å². The number of hydrogen-bond donors (Lipinski definition) is 0. The van der Waals surface area contributed by atoms with Gasteiger partial charge in [0.05, 0.1) is 0 Å². The summed E-state index contributed by atoms with van der Waals surface area (Å²) < 4.78 is 42.2. The second-order valence-electron chi connectivity index (χ2n) is 5.14. The van der Waals surface area contributed by atoms with Crippen LogP contribution in [0.1, 0.15) is 30.9 Å². The number of halogens is 1. The van der Waals surface area contributed by atoms with Crippen LogP contribution in [0.4, 0.5) is 4.39 Å². The molecule has 2 rings (SSSR count). The SMILES string of the molecule is CC(C)c1cccc(OS(=O)(=O)Cc2cccc(F)c2)c1. The third-order valence-electron chi connectivity index (χ3n) is 2.98. The zero-order valence-corrected chi connectivity index (χ0v) is 12.7. The summed E-state index contributed by atoms with van der Waals surface area (Å²) in [6.07, 6.45) is 0. The van der Waals surface area contributed by atoms with Crippen molar-refractivity contribution in [2.24, 2.45) is 0 Å². The predicted molar refractivity (Wildman–Crippen MR) is 80.2 cm³/mol. The molecule has 0 aliphatic carbocycles. The van der Waals surface area contributed by atoms with E-state index in [1.54, 1.807) is 24.3 Å². The van der Waals surface area contributed by atoms with Crippen molar-refractivity contribution >= 4 is 10.1 Å². The van der Waals surface area contributed by atoms with E-state index in [4.69, 9.17) is 4.18 Å². The molecule has 0 saturated heterocycles. The Kier molecular flexibility index (Phi) is 4.63. The zero-order valence-electron chi connectivity index (χ0n) is 11.9. The molecule has 3 nitrogen and oxygen atoms in total. The van der Waals surface area contributed by atoms with Gasteiger partial charge in [0.15, 0.2) is 0 Å². The highest BCUT2D eigenvalue weighted by Crippen LogP contribution is 2.22. The Labute approximate surface area is 124 Å². The highest BCUT2D eigenvalue weighted by atomic mass is 32.2. The van der Waals surface area contributed by atoms with Crippen molar-refractivity contribution in [2.75, 3.05) is 0 Å². The average Bonchev–Trinajstić information content (AvgIpc) is 2.37. The summed E-state index contributed by atoms with van der Waals surface area (Å²) in [6.45, 7) is 4.03. The zero-order chi connectivity index (χ0) is 15.5. The molecule has 0 unspecified atom stereocenters. The Morgan fingerprint density at radius 1 is 1.10 bits per heavy atom. The number of rotatable bonds is 5. The molecule has 0 radical (unpaired) electrons. The standard InChI is InChI=1S/C16H17FO3S/c1-12(2)14-6-4-8-16(10-14)20-21(18,19)11-13-5-3-7-15(17)9-13/h3-10,12H,11H2,1-2H3. The maximum absolute atomic E-state index is 13.1. The van der Waals surface area contributed by atoms with Crippen LogP contribution < -0.4 is 4.18 Å². The maximum Gasteiger partial charge on any atom is 0.313 e. The Hall–Kier alpha value is -1.88. The highest BCUT2D eigenvalue weighted by Gasteiger charge is 2.15. The molecule has 0 heterocycles. The van der Waals surface area contributed by atoms with Gasteiger partial charge in [-0.15, -0.1) is 0 Å². The molecule has 0 bridgehead atoms. The quantitative estimate of drug-likeness (QED) is 0.788. The van der Waals surface area contributed by atoms with Crippen LogP contribution in [-0.2, 0) is 15.9 Å². The lowest BCUT2D eigenvalue weighted by molar-refractivity contribution is 0.484. The van der Waals surface area contributed by atoms with Crippen LogP contribution in [0.15, 0.2) is 48.5 Å². The van der Waals surface area contributed by atoms with Gasteiger partial charge < -0.3 is 4.18 Å². The van der Waals surface area contributed by atoms with Crippen LogP contribution in [0.25, 0.3) is 0 Å². The Bertz CT molecular complexity index is 724. The molecule has 0 N–H and O–H groups in total. The monoisotopic (exact) mass is 308 g/mol. The summed E-state index contributed by atoms with van der Waals surface area (Å²) in [5, 5.41) is 0. The fraction of sp³-hybridized carbons (Fsp3) is 0.250. The van der Waals surface area contributed by atoms with E-state index in [0.29, 0.717) is 5.56 Å². The smallest absolute Gasteiger partial charge is 0.313 e. The van der Waals surface area contributed by atoms with Gasteiger partial charge in [0.2, 0.25) is 0 Å². The van der Waals surface area contributed by atoms with Crippen molar-refractivity contribution in [3.8, 4) is 5.75 Å². The molecule has 0 atom stereocenters. The first kappa shape index (κ1) is 15.5. The highest BCUT2D eigenvalue weighted by molar-refractivity contribution is 7.86. The van der Waals surface area contributed by atoms with E-state index in [1.165, 1.54) is 18.2 Å². The van der Waals surface area contributed by atoms with Crippen molar-refractivity contribution in [3.63, 3.8) is 0 Å². The van der Waals surface area contributed by atoms with Crippen molar-refractivity contribution in [2.45, 2.75) is 25.5 Å². The minimum absolute atomic E-state index is 0.276. The van der Waals surface area contributed by atoms with Gasteiger partial charge in [-0.25, -0.2) is 4.39 Å². The minimum atomic E-state index is -3.81. The second kappa shape index (κ2) is 6.26. The third kappa shape index (κ3) is 4.56. The molecule has 2 aromatic rings. The van der Waals surface area contributed by atoms with Crippen LogP contribution >= 0.6 is 0 Å². The van der Waals surface area contributed by atoms with Crippen LogP contribution in [0.3, 0.4) is 0 Å². The molecule has 0 amide bonds. The largest absolute Gasteiger partial charge is 0.382 e. The van der Waals surface area contributed by atoms with Crippen molar-refractivity contribution in [3.05, 3.63) is 65.5 Å². The van der Waals surface area contributed by atoms with E-state index in [0.717, 1.165) is 5.56 Å². The van der Waals surface area contributed by atoms with Gasteiger partial charge in [0, 0.05) is 0 Å². The predicted octanol–water partition coefficient (Wildman–Crippen LogP) is 3.86. The Balaban J connectivity index is 2.16. The molecule has 0 aliphatic heterocycles. The molecule has 2 aromatic carbocycles. The van der Waals surface area contributed by atoms with Gasteiger partial charge in [0.25, 0.3) is 0 Å². The van der Waals surface area contributed by atoms with E-state index in [1.807, 2.05) is 19.9 Å². The van der Waals surface area contributed by atoms with E-state index >= 15 is 0 Å². The lowest BCUT2D eigenvalue weighted by atomic mass is 10.0. The molecule has 0 spiro atoms. The molecule has 0 aliphatic rings. The second-order valence-corrected chi connectivity index (χ2v) is 6.71. The average molecular weight is 308 g/mol. The van der Waals surface area contributed by atoms with Crippen LogP contribution in [0, 0.1) is 5.82 Å². The van der Waals surface area contributed by atoms with Crippen LogP contribution in [0.2, 0.25) is 0 Å². The lowest BCUT2D eigenvalue weighted by Gasteiger charge is -2.10. The Morgan fingerprint density at radius 3 is 2.48 bits per heavy atom. The van der Waals surface area contributed by atoms with Gasteiger partial charge >= 0.3 is 10.1 Å². The third-order valence-corrected chi connectivity index (χ3v) is 4.11. The van der Waals surface area contributed by atoms with Crippen LogP contribution in [-0.4, -0.2) is 8.42 Å². The van der Waals surface area contributed by atoms with E-state index < -0.39 is 15.9 Å². The van der Waals surface area contributed by atoms with Gasteiger partial charge in [-0.1, -0.05) is 38.1 Å². The first-order valence-electron chi connectivity index (χ1n) is 6.62. The van der Waals surface area contributed by atoms with Crippen molar-refractivity contribution in [1.29, 1.82) is 0 Å². The number of benzene rings is 2. The summed E-state index contributed by atoms with van der Waals surface area (Å²) in [7, 11) is -3.81. The fourth-order valence-corrected chi connectivity index (χ4v) is 2.98. The van der Waals surface area contributed by atoms with Gasteiger partial charge in [-0.3, -0.25) is 0 Å². The minimum Gasteiger partial charge on any atom is -0.382 e. The lowest BCUT2D eigenvalue weighted by Crippen LogP contribution is -2.12. The summed E-state index contributed by atoms with van der Waals surface area (Å²) in [5.74, 6) is -0.280. The summed E-state index contributed by atoms with van der Waals surface area (Å²) in [6, 6.07) is 12.4. The number of hydrogen-bond acceptors (Lipinski definition) is 3. The molecular formula is C16H17FO3S. The molecule has 5 heteroatoms. The topological polar surface area (TPSA) is 43.4 Å². The normalized spacial score (nSPS) is 11.6. The maximum atomic E-state index is 13.1. The molecule has 112 valence electrons.